The van der Waals surface area contributed by atoms with E-state index < -0.39 is 5.82 Å². The van der Waals surface area contributed by atoms with E-state index in [1.165, 1.54) is 12.1 Å². The molecule has 0 saturated carbocycles. The predicted octanol–water partition coefficient (Wildman–Crippen LogP) is 3.28. The molecule has 0 aliphatic carbocycles. The fourth-order valence-electron chi connectivity index (χ4n) is 2.43. The molecule has 24 heavy (non-hydrogen) atoms. The van der Waals surface area contributed by atoms with Gasteiger partial charge in [-0.15, -0.1) is 0 Å². The van der Waals surface area contributed by atoms with Crippen LogP contribution in [0.15, 0.2) is 36.4 Å². The van der Waals surface area contributed by atoms with Gasteiger partial charge in [-0.2, -0.15) is 0 Å². The molecule has 0 unspecified atom stereocenters. The molecular formula is C17H16ClFN2O3. The topological polar surface area (TPSA) is 50.8 Å². The number of ether oxygens (including phenoxy) is 2. The Hall–Kier alpha value is -2.31. The summed E-state index contributed by atoms with van der Waals surface area (Å²) >= 11 is 5.69. The van der Waals surface area contributed by atoms with Crippen molar-refractivity contribution in [3.63, 3.8) is 0 Å². The van der Waals surface area contributed by atoms with E-state index in [0.29, 0.717) is 12.3 Å². The molecule has 1 aliphatic rings. The maximum absolute atomic E-state index is 13.7. The molecule has 1 heterocycles. The van der Waals surface area contributed by atoms with Gasteiger partial charge in [0.15, 0.2) is 11.5 Å². The van der Waals surface area contributed by atoms with E-state index in [1.807, 2.05) is 30.1 Å². The normalized spacial score (nSPS) is 12.5. The monoisotopic (exact) mass is 350 g/mol. The third kappa shape index (κ3) is 3.96. The van der Waals surface area contributed by atoms with Gasteiger partial charge in [-0.3, -0.25) is 9.69 Å². The number of benzene rings is 2. The Bertz CT molecular complexity index is 769. The minimum Gasteiger partial charge on any atom is -0.454 e. The number of likely N-dealkylation sites (N-methyl/N-ethyl adjacent to an activating group) is 1. The van der Waals surface area contributed by atoms with Crippen LogP contribution in [-0.4, -0.2) is 31.2 Å². The molecule has 1 amide bonds. The SMILES string of the molecule is CN(CC(=O)Nc1ccc(Cl)cc1F)Cc1ccc2c(c1)OCO2. The maximum atomic E-state index is 13.7. The average molecular weight is 351 g/mol. The zero-order valence-electron chi connectivity index (χ0n) is 13.0. The molecule has 0 bridgehead atoms. The number of hydrogen-bond donors (Lipinski definition) is 1. The van der Waals surface area contributed by atoms with Crippen LogP contribution in [-0.2, 0) is 11.3 Å². The Morgan fingerprint density at radius 3 is 2.83 bits per heavy atom. The van der Waals surface area contributed by atoms with Crippen molar-refractivity contribution in [3.05, 3.63) is 52.8 Å². The quantitative estimate of drug-likeness (QED) is 0.899. The summed E-state index contributed by atoms with van der Waals surface area (Å²) in [5.41, 5.74) is 1.10. The van der Waals surface area contributed by atoms with Crippen molar-refractivity contribution >= 4 is 23.2 Å². The minimum atomic E-state index is -0.561. The van der Waals surface area contributed by atoms with Gasteiger partial charge in [0.25, 0.3) is 0 Å². The molecule has 0 spiro atoms. The summed E-state index contributed by atoms with van der Waals surface area (Å²) in [7, 11) is 1.81. The Balaban J connectivity index is 1.56. The molecule has 0 atom stereocenters. The van der Waals surface area contributed by atoms with Crippen molar-refractivity contribution in [2.75, 3.05) is 25.7 Å². The molecule has 0 aromatic heterocycles. The number of hydrogen-bond acceptors (Lipinski definition) is 4. The van der Waals surface area contributed by atoms with Gasteiger partial charge in [-0.05, 0) is 42.9 Å². The predicted molar refractivity (Wildman–Crippen MR) is 88.9 cm³/mol. The van der Waals surface area contributed by atoms with E-state index in [2.05, 4.69) is 5.32 Å². The summed E-state index contributed by atoms with van der Waals surface area (Å²) < 4.78 is 24.3. The van der Waals surface area contributed by atoms with Gasteiger partial charge in [0.2, 0.25) is 12.7 Å². The number of amides is 1. The van der Waals surface area contributed by atoms with Gasteiger partial charge in [0.05, 0.1) is 12.2 Å². The van der Waals surface area contributed by atoms with Gasteiger partial charge in [-0.1, -0.05) is 17.7 Å². The Morgan fingerprint density at radius 2 is 2.04 bits per heavy atom. The van der Waals surface area contributed by atoms with Crippen LogP contribution >= 0.6 is 11.6 Å². The molecule has 5 nitrogen and oxygen atoms in total. The largest absolute Gasteiger partial charge is 0.454 e. The van der Waals surface area contributed by atoms with E-state index in [0.717, 1.165) is 17.4 Å². The number of halogens is 2. The number of nitrogens with one attached hydrogen (secondary N) is 1. The van der Waals surface area contributed by atoms with Crippen molar-refractivity contribution in [1.29, 1.82) is 0 Å². The first-order valence-electron chi connectivity index (χ1n) is 7.33. The molecule has 1 aliphatic heterocycles. The highest BCUT2D eigenvalue weighted by Crippen LogP contribution is 2.32. The van der Waals surface area contributed by atoms with Gasteiger partial charge in [0, 0.05) is 11.6 Å². The Kier molecular flexibility index (Phi) is 4.87. The van der Waals surface area contributed by atoms with Crippen molar-refractivity contribution in [2.24, 2.45) is 0 Å². The maximum Gasteiger partial charge on any atom is 0.238 e. The van der Waals surface area contributed by atoms with Crippen LogP contribution in [0.1, 0.15) is 5.56 Å². The van der Waals surface area contributed by atoms with Gasteiger partial charge >= 0.3 is 0 Å². The highest BCUT2D eigenvalue weighted by atomic mass is 35.5. The number of carbonyl (C=O) groups is 1. The van der Waals surface area contributed by atoms with Crippen LogP contribution in [0, 0.1) is 5.82 Å². The third-order valence-corrected chi connectivity index (χ3v) is 3.74. The molecule has 0 radical (unpaired) electrons. The van der Waals surface area contributed by atoms with E-state index in [9.17, 15) is 9.18 Å². The molecule has 7 heteroatoms. The summed E-state index contributed by atoms with van der Waals surface area (Å²) in [6, 6.07) is 9.77. The van der Waals surface area contributed by atoms with Gasteiger partial charge in [-0.25, -0.2) is 4.39 Å². The summed E-state index contributed by atoms with van der Waals surface area (Å²) in [6.45, 7) is 0.896. The standard InChI is InChI=1S/C17H16ClFN2O3/c1-21(8-11-2-5-15-16(6-11)24-10-23-15)9-17(22)20-14-4-3-12(18)7-13(14)19/h2-7H,8-10H2,1H3,(H,20,22). The molecular weight excluding hydrogens is 335 g/mol. The van der Waals surface area contributed by atoms with Gasteiger partial charge < -0.3 is 14.8 Å². The Morgan fingerprint density at radius 1 is 1.25 bits per heavy atom. The van der Waals surface area contributed by atoms with E-state index in [1.54, 1.807) is 0 Å². The highest BCUT2D eigenvalue weighted by molar-refractivity contribution is 6.30. The minimum absolute atomic E-state index is 0.112. The number of anilines is 1. The molecule has 2 aromatic rings. The summed E-state index contributed by atoms with van der Waals surface area (Å²) in [5, 5.41) is 2.82. The van der Waals surface area contributed by atoms with Crippen molar-refractivity contribution in [1.82, 2.24) is 4.90 Å². The lowest BCUT2D eigenvalue weighted by atomic mass is 10.2. The third-order valence-electron chi connectivity index (χ3n) is 3.51. The highest BCUT2D eigenvalue weighted by Gasteiger charge is 2.15. The molecule has 0 fully saturated rings. The lowest BCUT2D eigenvalue weighted by Gasteiger charge is -2.17. The first-order chi connectivity index (χ1) is 11.5. The second-order valence-corrected chi connectivity index (χ2v) is 5.97. The van der Waals surface area contributed by atoms with Crippen LogP contribution in [0.25, 0.3) is 0 Å². The van der Waals surface area contributed by atoms with Crippen LogP contribution in [0.5, 0.6) is 11.5 Å². The van der Waals surface area contributed by atoms with Crippen molar-refractivity contribution in [3.8, 4) is 11.5 Å². The zero-order valence-corrected chi connectivity index (χ0v) is 13.8. The first-order valence-corrected chi connectivity index (χ1v) is 7.71. The van der Waals surface area contributed by atoms with Crippen LogP contribution in [0.4, 0.5) is 10.1 Å². The number of carbonyl (C=O) groups excluding carboxylic acids is 1. The summed E-state index contributed by atoms with van der Waals surface area (Å²) in [6.07, 6.45) is 0. The number of rotatable bonds is 5. The zero-order chi connectivity index (χ0) is 17.1. The Labute approximate surface area is 143 Å². The average Bonchev–Trinajstić information content (AvgIpc) is 2.97. The van der Waals surface area contributed by atoms with E-state index >= 15 is 0 Å². The number of nitrogens with zero attached hydrogens (tertiary/aromatic N) is 1. The van der Waals surface area contributed by atoms with Gasteiger partial charge in [0.1, 0.15) is 5.82 Å². The molecule has 2 aromatic carbocycles. The molecule has 3 rings (SSSR count). The molecule has 126 valence electrons. The first kappa shape index (κ1) is 16.5. The fourth-order valence-corrected chi connectivity index (χ4v) is 2.59. The second kappa shape index (κ2) is 7.07. The lowest BCUT2D eigenvalue weighted by Crippen LogP contribution is -2.30. The lowest BCUT2D eigenvalue weighted by molar-refractivity contribution is -0.117. The smallest absolute Gasteiger partial charge is 0.238 e. The van der Waals surface area contributed by atoms with E-state index in [-0.39, 0.29) is 30.0 Å². The molecule has 1 N–H and O–H groups in total. The van der Waals surface area contributed by atoms with E-state index in [4.69, 9.17) is 21.1 Å². The van der Waals surface area contributed by atoms with Crippen molar-refractivity contribution in [2.45, 2.75) is 6.54 Å². The summed E-state index contributed by atoms with van der Waals surface area (Å²) in [5.74, 6) is 0.555. The van der Waals surface area contributed by atoms with Crippen LogP contribution in [0.2, 0.25) is 5.02 Å². The van der Waals surface area contributed by atoms with Crippen molar-refractivity contribution < 1.29 is 18.7 Å². The van der Waals surface area contributed by atoms with Crippen LogP contribution < -0.4 is 14.8 Å². The summed E-state index contributed by atoms with van der Waals surface area (Å²) in [4.78, 5) is 13.9. The van der Waals surface area contributed by atoms with Crippen LogP contribution in [0.3, 0.4) is 0 Å². The number of fused-ring (bicyclic) bond motifs is 1. The fraction of sp³-hybridized carbons (Fsp3) is 0.235. The second-order valence-electron chi connectivity index (χ2n) is 5.53. The molecule has 0 saturated heterocycles.